The summed E-state index contributed by atoms with van der Waals surface area (Å²) in [5.41, 5.74) is 7.85. The Hall–Kier alpha value is -2.07. The Kier molecular flexibility index (Phi) is 4.25. The van der Waals surface area contributed by atoms with E-state index in [4.69, 9.17) is 22.1 Å². The molecule has 0 bridgehead atoms. The van der Waals surface area contributed by atoms with Gasteiger partial charge in [-0.3, -0.25) is 0 Å². The number of carbonyl (C=O) groups is 1. The second-order valence-corrected chi connectivity index (χ2v) is 4.79. The van der Waals surface area contributed by atoms with Crippen LogP contribution < -0.4 is 5.73 Å². The van der Waals surface area contributed by atoms with Gasteiger partial charge in [-0.25, -0.2) is 9.18 Å². The summed E-state index contributed by atoms with van der Waals surface area (Å²) >= 11 is 5.86. The van der Waals surface area contributed by atoms with Gasteiger partial charge >= 0.3 is 5.97 Å². The first kappa shape index (κ1) is 14.3. The van der Waals surface area contributed by atoms with Crippen molar-refractivity contribution in [1.29, 1.82) is 0 Å². The highest BCUT2D eigenvalue weighted by Gasteiger charge is 2.12. The zero-order valence-electron chi connectivity index (χ0n) is 10.8. The topological polar surface area (TPSA) is 52.3 Å². The van der Waals surface area contributed by atoms with Crippen molar-refractivity contribution < 1.29 is 13.9 Å². The fourth-order valence-corrected chi connectivity index (χ4v) is 1.94. The minimum Gasteiger partial charge on any atom is -0.457 e. The number of hydrogen-bond donors (Lipinski definition) is 1. The van der Waals surface area contributed by atoms with Crippen molar-refractivity contribution in [2.24, 2.45) is 0 Å². The molecule has 0 amide bonds. The highest BCUT2D eigenvalue weighted by Crippen LogP contribution is 2.19. The van der Waals surface area contributed by atoms with Gasteiger partial charge in [0.25, 0.3) is 0 Å². The van der Waals surface area contributed by atoms with E-state index in [-0.39, 0.29) is 11.6 Å². The van der Waals surface area contributed by atoms with Crippen LogP contribution in [-0.2, 0) is 11.3 Å². The lowest BCUT2D eigenvalue weighted by atomic mass is 10.1. The van der Waals surface area contributed by atoms with E-state index >= 15 is 0 Å². The van der Waals surface area contributed by atoms with Gasteiger partial charge in [0.2, 0.25) is 0 Å². The highest BCUT2D eigenvalue weighted by atomic mass is 35.5. The van der Waals surface area contributed by atoms with E-state index in [1.54, 1.807) is 25.1 Å². The average Bonchev–Trinajstić information content (AvgIpc) is 2.40. The largest absolute Gasteiger partial charge is 0.457 e. The Balaban J connectivity index is 2.10. The lowest BCUT2D eigenvalue weighted by Crippen LogP contribution is -2.08. The summed E-state index contributed by atoms with van der Waals surface area (Å²) in [7, 11) is 0. The predicted molar refractivity (Wildman–Crippen MR) is 76.1 cm³/mol. The lowest BCUT2D eigenvalue weighted by Gasteiger charge is -2.09. The van der Waals surface area contributed by atoms with E-state index in [0.717, 1.165) is 5.56 Å². The van der Waals surface area contributed by atoms with E-state index in [9.17, 15) is 9.18 Å². The van der Waals surface area contributed by atoms with Gasteiger partial charge in [-0.05, 0) is 36.8 Å². The van der Waals surface area contributed by atoms with Crippen LogP contribution in [0.4, 0.5) is 10.1 Å². The molecule has 0 aliphatic rings. The molecule has 5 heteroatoms. The molecule has 104 valence electrons. The zero-order chi connectivity index (χ0) is 14.7. The van der Waals surface area contributed by atoms with Crippen molar-refractivity contribution in [3.8, 4) is 0 Å². The van der Waals surface area contributed by atoms with Gasteiger partial charge in [0, 0.05) is 11.3 Å². The quantitative estimate of drug-likeness (QED) is 0.693. The number of esters is 1. The molecule has 0 saturated carbocycles. The molecule has 0 aliphatic carbocycles. The summed E-state index contributed by atoms with van der Waals surface area (Å²) in [5, 5.41) is 0.224. The second-order valence-electron chi connectivity index (χ2n) is 4.39. The monoisotopic (exact) mass is 293 g/mol. The predicted octanol–water partition coefficient (Wildman–Crippen LogP) is 3.73. The third kappa shape index (κ3) is 3.27. The van der Waals surface area contributed by atoms with Gasteiger partial charge in [0.1, 0.15) is 12.4 Å². The molecule has 0 radical (unpaired) electrons. The third-order valence-corrected chi connectivity index (χ3v) is 3.21. The molecular weight excluding hydrogens is 281 g/mol. The number of ether oxygens (including phenoxy) is 1. The number of anilines is 1. The number of rotatable bonds is 3. The maximum atomic E-state index is 12.9. The van der Waals surface area contributed by atoms with Gasteiger partial charge in [0.05, 0.1) is 10.6 Å². The molecule has 2 rings (SSSR count). The molecule has 0 heterocycles. The summed E-state index contributed by atoms with van der Waals surface area (Å²) in [5.74, 6) is -0.924. The minimum atomic E-state index is -0.491. The first-order valence-corrected chi connectivity index (χ1v) is 6.32. The average molecular weight is 294 g/mol. The Morgan fingerprint density at radius 1 is 1.30 bits per heavy atom. The fraction of sp³-hybridized carbons (Fsp3) is 0.133. The SMILES string of the molecule is Cc1ccc(N)cc1C(=O)OCc1ccc(F)cc1Cl. The smallest absolute Gasteiger partial charge is 0.338 e. The number of carbonyl (C=O) groups excluding carboxylic acids is 1. The summed E-state index contributed by atoms with van der Waals surface area (Å²) in [6.45, 7) is 1.77. The first-order chi connectivity index (χ1) is 9.47. The van der Waals surface area contributed by atoms with Crippen LogP contribution in [0.1, 0.15) is 21.5 Å². The third-order valence-electron chi connectivity index (χ3n) is 2.86. The maximum Gasteiger partial charge on any atom is 0.338 e. The molecular formula is C15H13ClFNO2. The normalized spacial score (nSPS) is 10.3. The van der Waals surface area contributed by atoms with E-state index in [0.29, 0.717) is 16.8 Å². The summed E-state index contributed by atoms with van der Waals surface area (Å²) in [6, 6.07) is 8.94. The number of benzene rings is 2. The standard InChI is InChI=1S/C15H13ClFNO2/c1-9-2-5-12(18)7-13(9)15(19)20-8-10-3-4-11(17)6-14(10)16/h2-7H,8,18H2,1H3. The van der Waals surface area contributed by atoms with Crippen LogP contribution in [0.3, 0.4) is 0 Å². The van der Waals surface area contributed by atoms with E-state index in [1.165, 1.54) is 18.2 Å². The van der Waals surface area contributed by atoms with Crippen LogP contribution in [0.25, 0.3) is 0 Å². The van der Waals surface area contributed by atoms with Gasteiger partial charge in [-0.1, -0.05) is 23.7 Å². The fourth-order valence-electron chi connectivity index (χ4n) is 1.72. The Labute approximate surface area is 121 Å². The first-order valence-electron chi connectivity index (χ1n) is 5.94. The van der Waals surface area contributed by atoms with Crippen LogP contribution in [0.5, 0.6) is 0 Å². The highest BCUT2D eigenvalue weighted by molar-refractivity contribution is 6.31. The number of halogens is 2. The van der Waals surface area contributed by atoms with Gasteiger partial charge in [-0.2, -0.15) is 0 Å². The molecule has 0 fully saturated rings. The Bertz CT molecular complexity index is 658. The molecule has 2 N–H and O–H groups in total. The maximum absolute atomic E-state index is 12.9. The molecule has 0 atom stereocenters. The summed E-state index contributed by atoms with van der Waals surface area (Å²) in [6.07, 6.45) is 0. The van der Waals surface area contributed by atoms with Crippen molar-refractivity contribution in [3.63, 3.8) is 0 Å². The van der Waals surface area contributed by atoms with Crippen molar-refractivity contribution in [1.82, 2.24) is 0 Å². The minimum absolute atomic E-state index is 0.0216. The van der Waals surface area contributed by atoms with Crippen LogP contribution in [0, 0.1) is 12.7 Å². The van der Waals surface area contributed by atoms with E-state index in [1.807, 2.05) is 0 Å². The number of hydrogen-bond acceptors (Lipinski definition) is 3. The molecule has 0 saturated heterocycles. The second kappa shape index (κ2) is 5.92. The Morgan fingerprint density at radius 2 is 2.05 bits per heavy atom. The molecule has 2 aromatic rings. The molecule has 2 aromatic carbocycles. The van der Waals surface area contributed by atoms with Crippen LogP contribution in [0.2, 0.25) is 5.02 Å². The number of aryl methyl sites for hydroxylation is 1. The van der Waals surface area contributed by atoms with Crippen molar-refractivity contribution in [2.45, 2.75) is 13.5 Å². The van der Waals surface area contributed by atoms with Gasteiger partial charge in [0.15, 0.2) is 0 Å². The molecule has 3 nitrogen and oxygen atoms in total. The number of nitrogens with two attached hydrogens (primary N) is 1. The van der Waals surface area contributed by atoms with Gasteiger partial charge in [-0.15, -0.1) is 0 Å². The molecule has 0 spiro atoms. The van der Waals surface area contributed by atoms with Crippen LogP contribution in [-0.4, -0.2) is 5.97 Å². The lowest BCUT2D eigenvalue weighted by molar-refractivity contribution is 0.0472. The van der Waals surface area contributed by atoms with E-state index < -0.39 is 11.8 Å². The molecule has 0 aromatic heterocycles. The van der Waals surface area contributed by atoms with E-state index in [2.05, 4.69) is 0 Å². The molecule has 0 unspecified atom stereocenters. The van der Waals surface area contributed by atoms with Crippen LogP contribution >= 0.6 is 11.6 Å². The molecule has 20 heavy (non-hydrogen) atoms. The van der Waals surface area contributed by atoms with Crippen molar-refractivity contribution in [2.75, 3.05) is 5.73 Å². The van der Waals surface area contributed by atoms with Crippen molar-refractivity contribution >= 4 is 23.3 Å². The van der Waals surface area contributed by atoms with Crippen molar-refractivity contribution in [3.05, 3.63) is 63.9 Å². The Morgan fingerprint density at radius 3 is 2.75 bits per heavy atom. The summed E-state index contributed by atoms with van der Waals surface area (Å²) in [4.78, 5) is 12.0. The number of nitrogen functional groups attached to an aromatic ring is 1. The van der Waals surface area contributed by atoms with Gasteiger partial charge < -0.3 is 10.5 Å². The molecule has 0 aliphatic heterocycles. The summed E-state index contributed by atoms with van der Waals surface area (Å²) < 4.78 is 18.1. The van der Waals surface area contributed by atoms with Crippen LogP contribution in [0.15, 0.2) is 36.4 Å². The zero-order valence-corrected chi connectivity index (χ0v) is 11.6.